The number of epoxide rings is 1. The number of ether oxygens (including phenoxy) is 3. The van der Waals surface area contributed by atoms with Gasteiger partial charge in [0.25, 0.3) is 0 Å². The fraction of sp³-hybridized carbons (Fsp3) is 0.824. The second kappa shape index (κ2) is 3.90. The first-order valence-corrected chi connectivity index (χ1v) is 7.97. The number of fused-ring (bicyclic) bond motifs is 2. The van der Waals surface area contributed by atoms with Crippen LogP contribution in [0.5, 0.6) is 0 Å². The minimum absolute atomic E-state index is 0.0455. The summed E-state index contributed by atoms with van der Waals surface area (Å²) in [7, 11) is 0. The van der Waals surface area contributed by atoms with Gasteiger partial charge in [-0.05, 0) is 19.8 Å². The molecule has 0 aromatic rings. The maximum atomic E-state index is 11.6. The third kappa shape index (κ3) is 1.45. The molecule has 2 saturated heterocycles. The van der Waals surface area contributed by atoms with Gasteiger partial charge in [-0.25, -0.2) is 0 Å². The van der Waals surface area contributed by atoms with Crippen molar-refractivity contribution in [2.24, 2.45) is 10.8 Å². The normalized spacial score (nSPS) is 54.1. The minimum Gasteiger partial charge on any atom is -0.462 e. The summed E-state index contributed by atoms with van der Waals surface area (Å²) >= 11 is 0. The highest BCUT2D eigenvalue weighted by molar-refractivity contribution is 5.66. The van der Waals surface area contributed by atoms with Gasteiger partial charge in [-0.1, -0.05) is 25.5 Å². The molecular weight excluding hydrogens is 268 g/mol. The molecule has 0 N–H and O–H groups in total. The monoisotopic (exact) mass is 292 g/mol. The standard InChI is InChI=1S/C17H24O4/c1-10-5-6-15(3)12(7-10)21-14-8-13(20-11(2)18)16(15,4)17(14)9-19-17/h7,12-14H,5-6,8-9H2,1-4H3/t12-,13?,14-,15+,16-,17?/m1/s1. The van der Waals surface area contributed by atoms with Gasteiger partial charge < -0.3 is 14.2 Å². The van der Waals surface area contributed by atoms with Crippen LogP contribution in [0.25, 0.3) is 0 Å². The quantitative estimate of drug-likeness (QED) is 0.423. The van der Waals surface area contributed by atoms with Crippen LogP contribution in [0.1, 0.15) is 47.0 Å². The summed E-state index contributed by atoms with van der Waals surface area (Å²) < 4.78 is 18.1. The van der Waals surface area contributed by atoms with Crippen molar-refractivity contribution in [1.29, 1.82) is 0 Å². The topological polar surface area (TPSA) is 48.1 Å². The molecule has 2 aliphatic carbocycles. The Hall–Kier alpha value is -0.870. The van der Waals surface area contributed by atoms with Crippen molar-refractivity contribution < 1.29 is 19.0 Å². The van der Waals surface area contributed by atoms with E-state index >= 15 is 0 Å². The van der Waals surface area contributed by atoms with Gasteiger partial charge in [0, 0.05) is 24.2 Å². The summed E-state index contributed by atoms with van der Waals surface area (Å²) in [6.07, 6.45) is 5.23. The lowest BCUT2D eigenvalue weighted by atomic mass is 9.52. The highest BCUT2D eigenvalue weighted by Gasteiger charge is 2.81. The van der Waals surface area contributed by atoms with Crippen LogP contribution in [0.4, 0.5) is 0 Å². The zero-order valence-corrected chi connectivity index (χ0v) is 13.3. The first-order chi connectivity index (χ1) is 9.83. The summed E-state index contributed by atoms with van der Waals surface area (Å²) in [6, 6.07) is 0. The van der Waals surface area contributed by atoms with Gasteiger partial charge in [0.1, 0.15) is 11.7 Å². The first-order valence-electron chi connectivity index (χ1n) is 7.97. The average molecular weight is 292 g/mol. The molecule has 2 bridgehead atoms. The summed E-state index contributed by atoms with van der Waals surface area (Å²) in [5.74, 6) is -0.202. The summed E-state index contributed by atoms with van der Waals surface area (Å²) in [5, 5.41) is 0. The van der Waals surface area contributed by atoms with Crippen molar-refractivity contribution >= 4 is 5.97 Å². The van der Waals surface area contributed by atoms with Gasteiger partial charge in [-0.2, -0.15) is 0 Å². The van der Waals surface area contributed by atoms with Crippen LogP contribution in [0, 0.1) is 10.8 Å². The van der Waals surface area contributed by atoms with Crippen molar-refractivity contribution in [3.8, 4) is 0 Å². The van der Waals surface area contributed by atoms with Crippen LogP contribution >= 0.6 is 0 Å². The SMILES string of the molecule is CC(=O)OC1C[C@H]2O[C@@H]3C=C(C)CC[C@]3(C)[C@]1(C)C21CO1. The molecule has 2 unspecified atom stereocenters. The van der Waals surface area contributed by atoms with Gasteiger partial charge in [0.15, 0.2) is 0 Å². The maximum absolute atomic E-state index is 11.6. The smallest absolute Gasteiger partial charge is 0.302 e. The third-order valence-corrected chi connectivity index (χ3v) is 6.83. The molecule has 4 heteroatoms. The van der Waals surface area contributed by atoms with E-state index in [1.807, 2.05) is 0 Å². The number of allylic oxidation sites excluding steroid dienone is 1. The highest BCUT2D eigenvalue weighted by atomic mass is 16.6. The molecule has 116 valence electrons. The number of hydrogen-bond acceptors (Lipinski definition) is 4. The Balaban J connectivity index is 1.82. The summed E-state index contributed by atoms with van der Waals surface area (Å²) in [6.45, 7) is 8.96. The Labute approximate surface area is 125 Å². The van der Waals surface area contributed by atoms with Crippen LogP contribution in [-0.4, -0.2) is 36.5 Å². The van der Waals surface area contributed by atoms with Crippen LogP contribution < -0.4 is 0 Å². The van der Waals surface area contributed by atoms with Crippen molar-refractivity contribution in [2.75, 3.05) is 6.61 Å². The third-order valence-electron chi connectivity index (χ3n) is 6.83. The van der Waals surface area contributed by atoms with E-state index in [1.54, 1.807) is 0 Å². The van der Waals surface area contributed by atoms with Crippen LogP contribution in [0.2, 0.25) is 0 Å². The maximum Gasteiger partial charge on any atom is 0.302 e. The zero-order chi connectivity index (χ0) is 15.0. The Kier molecular flexibility index (Phi) is 2.56. The number of rotatable bonds is 1. The number of carbonyl (C=O) groups excluding carboxylic acids is 1. The Bertz CT molecular complexity index is 535. The van der Waals surface area contributed by atoms with Gasteiger partial charge in [0.2, 0.25) is 0 Å². The molecule has 3 fully saturated rings. The van der Waals surface area contributed by atoms with E-state index in [9.17, 15) is 4.79 Å². The van der Waals surface area contributed by atoms with Crippen molar-refractivity contribution in [3.05, 3.63) is 11.6 Å². The highest BCUT2D eigenvalue weighted by Crippen LogP contribution is 2.71. The number of esters is 1. The fourth-order valence-corrected chi connectivity index (χ4v) is 5.22. The number of hydrogen-bond donors (Lipinski definition) is 0. The fourth-order valence-electron chi connectivity index (χ4n) is 5.22. The molecule has 4 rings (SSSR count). The lowest BCUT2D eigenvalue weighted by Gasteiger charge is -2.57. The van der Waals surface area contributed by atoms with E-state index in [4.69, 9.17) is 14.2 Å². The molecule has 6 atom stereocenters. The molecule has 2 aliphatic heterocycles. The summed E-state index contributed by atoms with van der Waals surface area (Å²) in [4.78, 5) is 11.6. The molecule has 21 heavy (non-hydrogen) atoms. The Morgan fingerprint density at radius 1 is 1.43 bits per heavy atom. The lowest BCUT2D eigenvalue weighted by molar-refractivity contribution is -0.210. The van der Waals surface area contributed by atoms with E-state index < -0.39 is 0 Å². The van der Waals surface area contributed by atoms with Gasteiger partial charge in [-0.3, -0.25) is 4.79 Å². The molecule has 4 nitrogen and oxygen atoms in total. The van der Waals surface area contributed by atoms with Gasteiger partial charge >= 0.3 is 5.97 Å². The largest absolute Gasteiger partial charge is 0.462 e. The zero-order valence-electron chi connectivity index (χ0n) is 13.3. The molecule has 0 radical (unpaired) electrons. The molecule has 2 heterocycles. The molecule has 0 amide bonds. The Morgan fingerprint density at radius 2 is 2.14 bits per heavy atom. The van der Waals surface area contributed by atoms with Crippen LogP contribution in [-0.2, 0) is 19.0 Å². The van der Waals surface area contributed by atoms with Crippen molar-refractivity contribution in [1.82, 2.24) is 0 Å². The average Bonchev–Trinajstić information content (AvgIpc) is 3.16. The number of carbonyl (C=O) groups is 1. The van der Waals surface area contributed by atoms with E-state index in [0.29, 0.717) is 0 Å². The molecule has 1 spiro atoms. The molecule has 4 aliphatic rings. The van der Waals surface area contributed by atoms with Crippen LogP contribution in [0.3, 0.4) is 0 Å². The van der Waals surface area contributed by atoms with E-state index in [0.717, 1.165) is 25.9 Å². The lowest BCUT2D eigenvalue weighted by Crippen LogP contribution is -2.63. The first kappa shape index (κ1) is 13.8. The summed E-state index contributed by atoms with van der Waals surface area (Å²) in [5.41, 5.74) is 0.946. The molecular formula is C17H24O4. The Morgan fingerprint density at radius 3 is 2.76 bits per heavy atom. The second-order valence-corrected chi connectivity index (χ2v) is 7.69. The molecule has 0 aromatic carbocycles. The van der Waals surface area contributed by atoms with Crippen LogP contribution in [0.15, 0.2) is 11.6 Å². The van der Waals surface area contributed by atoms with E-state index in [1.165, 1.54) is 12.5 Å². The van der Waals surface area contributed by atoms with Crippen molar-refractivity contribution in [3.63, 3.8) is 0 Å². The van der Waals surface area contributed by atoms with Crippen molar-refractivity contribution in [2.45, 2.75) is 70.9 Å². The second-order valence-electron chi connectivity index (χ2n) is 7.69. The van der Waals surface area contributed by atoms with Gasteiger partial charge in [-0.15, -0.1) is 0 Å². The van der Waals surface area contributed by atoms with E-state index in [-0.39, 0.29) is 40.7 Å². The molecule has 0 aromatic heterocycles. The van der Waals surface area contributed by atoms with E-state index in [2.05, 4.69) is 26.8 Å². The van der Waals surface area contributed by atoms with Gasteiger partial charge in [0.05, 0.1) is 18.8 Å². The minimum atomic E-state index is -0.239. The predicted molar refractivity (Wildman–Crippen MR) is 76.7 cm³/mol. The molecule has 1 saturated carbocycles. The predicted octanol–water partition coefficient (Wildman–Crippen LogP) is 2.61.